The Balaban J connectivity index is 1.60. The molecule has 4 nitrogen and oxygen atoms in total. The summed E-state index contributed by atoms with van der Waals surface area (Å²) in [5, 5.41) is 3.34. The van der Waals surface area contributed by atoms with Gasteiger partial charge >= 0.3 is 0 Å². The van der Waals surface area contributed by atoms with Crippen molar-refractivity contribution in [3.63, 3.8) is 0 Å². The van der Waals surface area contributed by atoms with Gasteiger partial charge in [0.25, 0.3) is 0 Å². The van der Waals surface area contributed by atoms with Crippen LogP contribution in [0, 0.1) is 0 Å². The minimum atomic E-state index is 0.564. The highest BCUT2D eigenvalue weighted by Gasteiger charge is 2.27. The van der Waals surface area contributed by atoms with Crippen molar-refractivity contribution in [3.05, 3.63) is 46.6 Å². The highest BCUT2D eigenvalue weighted by atomic mass is 79.9. The fourth-order valence-electron chi connectivity index (χ4n) is 1.91. The number of pyridine rings is 1. The highest BCUT2D eigenvalue weighted by Crippen LogP contribution is 2.38. The number of nitrogens with one attached hydrogen (secondary N) is 1. The van der Waals surface area contributed by atoms with Crippen LogP contribution in [0.4, 0.5) is 5.82 Å². The van der Waals surface area contributed by atoms with E-state index in [9.17, 15) is 0 Å². The summed E-state index contributed by atoms with van der Waals surface area (Å²) in [5.41, 5.74) is 1.09. The smallest absolute Gasteiger partial charge is 0.135 e. The van der Waals surface area contributed by atoms with E-state index in [0.717, 1.165) is 34.9 Å². The number of aromatic nitrogens is 3. The first-order valence-electron chi connectivity index (χ1n) is 6.49. The fourth-order valence-corrected chi connectivity index (χ4v) is 2.31. The molecule has 0 aromatic carbocycles. The summed E-state index contributed by atoms with van der Waals surface area (Å²) in [4.78, 5) is 13.3. The minimum Gasteiger partial charge on any atom is -0.370 e. The van der Waals surface area contributed by atoms with Crippen molar-refractivity contribution in [2.75, 3.05) is 11.9 Å². The third kappa shape index (κ3) is 3.50. The zero-order valence-electron chi connectivity index (χ0n) is 10.5. The van der Waals surface area contributed by atoms with Crippen molar-refractivity contribution in [2.45, 2.75) is 25.2 Å². The van der Waals surface area contributed by atoms with Gasteiger partial charge in [0.15, 0.2) is 0 Å². The number of rotatable bonds is 5. The number of anilines is 1. The molecule has 2 aromatic heterocycles. The van der Waals surface area contributed by atoms with E-state index in [1.54, 1.807) is 0 Å². The van der Waals surface area contributed by atoms with Crippen LogP contribution in [0.5, 0.6) is 0 Å². The van der Waals surface area contributed by atoms with Crippen molar-refractivity contribution in [1.82, 2.24) is 15.0 Å². The van der Waals surface area contributed by atoms with E-state index >= 15 is 0 Å². The van der Waals surface area contributed by atoms with Crippen molar-refractivity contribution in [1.29, 1.82) is 0 Å². The van der Waals surface area contributed by atoms with Gasteiger partial charge in [-0.1, -0.05) is 6.07 Å². The van der Waals surface area contributed by atoms with Crippen molar-refractivity contribution < 1.29 is 0 Å². The number of hydrogen-bond acceptors (Lipinski definition) is 4. The summed E-state index contributed by atoms with van der Waals surface area (Å²) >= 11 is 3.44. The molecule has 1 fully saturated rings. The molecule has 2 heterocycles. The predicted octanol–water partition coefficient (Wildman–Crippen LogP) is 3.17. The molecular formula is C14H15BrN4. The normalized spacial score (nSPS) is 14.4. The molecule has 0 amide bonds. The third-order valence-electron chi connectivity index (χ3n) is 3.07. The molecule has 0 atom stereocenters. The van der Waals surface area contributed by atoms with Gasteiger partial charge in [0.2, 0.25) is 0 Å². The Kier molecular flexibility index (Phi) is 3.73. The van der Waals surface area contributed by atoms with Gasteiger partial charge in [0, 0.05) is 36.8 Å². The lowest BCUT2D eigenvalue weighted by Gasteiger charge is -2.07. The molecule has 98 valence electrons. The van der Waals surface area contributed by atoms with Gasteiger partial charge in [-0.3, -0.25) is 4.98 Å². The van der Waals surface area contributed by atoms with Gasteiger partial charge in [0.05, 0.1) is 0 Å². The molecule has 0 unspecified atom stereocenters. The molecule has 0 bridgehead atoms. The zero-order valence-corrected chi connectivity index (χ0v) is 12.1. The van der Waals surface area contributed by atoms with Gasteiger partial charge in [-0.25, -0.2) is 9.97 Å². The van der Waals surface area contributed by atoms with Crippen LogP contribution in [0.15, 0.2) is 35.1 Å². The number of halogens is 1. The van der Waals surface area contributed by atoms with E-state index in [2.05, 4.69) is 36.2 Å². The van der Waals surface area contributed by atoms with Crippen LogP contribution in [-0.2, 0) is 6.42 Å². The van der Waals surface area contributed by atoms with E-state index in [-0.39, 0.29) is 0 Å². The molecule has 0 aliphatic heterocycles. The highest BCUT2D eigenvalue weighted by molar-refractivity contribution is 9.10. The molecular weight excluding hydrogens is 304 g/mol. The van der Waals surface area contributed by atoms with Crippen molar-refractivity contribution >= 4 is 21.7 Å². The Morgan fingerprint density at radius 1 is 1.26 bits per heavy atom. The summed E-state index contributed by atoms with van der Waals surface area (Å²) < 4.78 is 0.852. The zero-order chi connectivity index (χ0) is 13.1. The maximum absolute atomic E-state index is 4.55. The van der Waals surface area contributed by atoms with E-state index in [4.69, 9.17) is 0 Å². The summed E-state index contributed by atoms with van der Waals surface area (Å²) in [5.74, 6) is 2.41. The van der Waals surface area contributed by atoms with E-state index < -0.39 is 0 Å². The first-order chi connectivity index (χ1) is 9.31. The Morgan fingerprint density at radius 3 is 2.89 bits per heavy atom. The molecule has 3 rings (SSSR count). The molecule has 1 aliphatic rings. The molecule has 5 heteroatoms. The van der Waals surface area contributed by atoms with Crippen LogP contribution >= 0.6 is 15.9 Å². The van der Waals surface area contributed by atoms with Crippen molar-refractivity contribution in [3.8, 4) is 0 Å². The standard InChI is InChI=1S/C14H15BrN4/c15-12-9-13(19-14(18-12)10-4-5-10)17-8-6-11-3-1-2-7-16-11/h1-3,7,9-10H,4-6,8H2,(H,17,18,19). The first-order valence-corrected chi connectivity index (χ1v) is 7.29. The minimum absolute atomic E-state index is 0.564. The van der Waals surface area contributed by atoms with Gasteiger partial charge in [-0.2, -0.15) is 0 Å². The average Bonchev–Trinajstić information content (AvgIpc) is 3.24. The van der Waals surface area contributed by atoms with Crippen LogP contribution in [0.3, 0.4) is 0 Å². The summed E-state index contributed by atoms with van der Waals surface area (Å²) in [6, 6.07) is 7.90. The largest absolute Gasteiger partial charge is 0.370 e. The van der Waals surface area contributed by atoms with Gasteiger partial charge in [-0.15, -0.1) is 0 Å². The van der Waals surface area contributed by atoms with Gasteiger partial charge in [-0.05, 0) is 40.9 Å². The molecule has 19 heavy (non-hydrogen) atoms. The average molecular weight is 319 g/mol. The second-order valence-corrected chi connectivity index (χ2v) is 5.52. The fraction of sp³-hybridized carbons (Fsp3) is 0.357. The second kappa shape index (κ2) is 5.65. The maximum Gasteiger partial charge on any atom is 0.135 e. The van der Waals surface area contributed by atoms with Crippen molar-refractivity contribution in [2.24, 2.45) is 0 Å². The summed E-state index contributed by atoms with van der Waals surface area (Å²) in [6.45, 7) is 0.824. The number of hydrogen-bond donors (Lipinski definition) is 1. The Hall–Kier alpha value is -1.49. The quantitative estimate of drug-likeness (QED) is 0.860. The Labute approximate surface area is 120 Å². The first kappa shape index (κ1) is 12.5. The molecule has 0 spiro atoms. The molecule has 1 aliphatic carbocycles. The molecule has 2 aromatic rings. The molecule has 1 N–H and O–H groups in total. The predicted molar refractivity (Wildman–Crippen MR) is 78.1 cm³/mol. The molecule has 0 radical (unpaired) electrons. The van der Waals surface area contributed by atoms with E-state index in [1.807, 2.05) is 30.5 Å². The van der Waals surface area contributed by atoms with Crippen LogP contribution in [0.25, 0.3) is 0 Å². The van der Waals surface area contributed by atoms with E-state index in [1.165, 1.54) is 12.8 Å². The summed E-state index contributed by atoms with van der Waals surface area (Å²) in [6.07, 6.45) is 5.14. The van der Waals surface area contributed by atoms with Gasteiger partial charge in [0.1, 0.15) is 16.2 Å². The van der Waals surface area contributed by atoms with Crippen LogP contribution in [-0.4, -0.2) is 21.5 Å². The Morgan fingerprint density at radius 2 is 2.16 bits per heavy atom. The number of nitrogens with zero attached hydrogens (tertiary/aromatic N) is 3. The lowest BCUT2D eigenvalue weighted by molar-refractivity contribution is 0.898. The van der Waals surface area contributed by atoms with Gasteiger partial charge < -0.3 is 5.32 Å². The van der Waals surface area contributed by atoms with E-state index in [0.29, 0.717) is 5.92 Å². The lowest BCUT2D eigenvalue weighted by Crippen LogP contribution is -2.08. The third-order valence-corrected chi connectivity index (χ3v) is 3.47. The summed E-state index contributed by atoms with van der Waals surface area (Å²) in [7, 11) is 0. The lowest BCUT2D eigenvalue weighted by atomic mass is 10.3. The second-order valence-electron chi connectivity index (χ2n) is 4.71. The molecule has 0 saturated heterocycles. The van der Waals surface area contributed by atoms with Crippen LogP contribution in [0.2, 0.25) is 0 Å². The Bertz CT molecular complexity index is 555. The maximum atomic E-state index is 4.55. The van der Waals surface area contributed by atoms with Crippen LogP contribution in [0.1, 0.15) is 30.3 Å². The van der Waals surface area contributed by atoms with Crippen LogP contribution < -0.4 is 5.32 Å². The molecule has 1 saturated carbocycles. The SMILES string of the molecule is Brc1cc(NCCc2ccccn2)nc(C2CC2)n1. The topological polar surface area (TPSA) is 50.7 Å². The monoisotopic (exact) mass is 318 g/mol.